The monoisotopic (exact) mass is 583 g/mol. The molecule has 43 heavy (non-hydrogen) atoms. The molecule has 10 rings (SSSR count). The molecule has 0 N–H and O–H groups in total. The maximum absolute atomic E-state index is 5.38. The zero-order valence-corrected chi connectivity index (χ0v) is 24.4. The summed E-state index contributed by atoms with van der Waals surface area (Å²) in [6, 6.07) is 45.3. The van der Waals surface area contributed by atoms with Gasteiger partial charge in [0.2, 0.25) is 5.95 Å². The summed E-state index contributed by atoms with van der Waals surface area (Å²) < 4.78 is 7.55. The van der Waals surface area contributed by atoms with Crippen LogP contribution in [0.1, 0.15) is 0 Å². The van der Waals surface area contributed by atoms with Crippen LogP contribution in [0.3, 0.4) is 0 Å². The lowest BCUT2D eigenvalue weighted by Gasteiger charge is -2.13. The summed E-state index contributed by atoms with van der Waals surface area (Å²) in [5.74, 6) is 0.705. The van der Waals surface area contributed by atoms with Gasteiger partial charge >= 0.3 is 0 Å². The molecule has 0 aliphatic carbocycles. The third-order valence-electron chi connectivity index (χ3n) is 8.61. The zero-order valence-electron chi connectivity index (χ0n) is 22.8. The van der Waals surface area contributed by atoms with Crippen molar-refractivity contribution in [1.82, 2.24) is 14.5 Å². The highest BCUT2D eigenvalue weighted by atomic mass is 32.1. The quantitative estimate of drug-likeness (QED) is 0.190. The average molecular weight is 584 g/mol. The van der Waals surface area contributed by atoms with Crippen LogP contribution in [0.15, 0.2) is 127 Å². The highest BCUT2D eigenvalue weighted by Gasteiger charge is 2.24. The second kappa shape index (κ2) is 8.71. The third-order valence-corrected chi connectivity index (χ3v) is 11.1. The SMILES string of the molecule is c1ccc(-c2nc(-n3c4ccccc4c4sc5c(sc6ccc7ccccc7c65)c43)nc3c2ccc2ccccc23)cc1. The average Bonchev–Trinajstić information content (AvgIpc) is 3.72. The predicted octanol–water partition coefficient (Wildman–Crippen LogP) is 11.1. The van der Waals surface area contributed by atoms with Gasteiger partial charge in [0.25, 0.3) is 0 Å². The van der Waals surface area contributed by atoms with Crippen molar-refractivity contribution in [3.05, 3.63) is 127 Å². The van der Waals surface area contributed by atoms with Gasteiger partial charge < -0.3 is 0 Å². The van der Waals surface area contributed by atoms with Gasteiger partial charge in [-0.2, -0.15) is 0 Å². The molecule has 200 valence electrons. The second-order valence-corrected chi connectivity index (χ2v) is 13.0. The molecule has 5 heteroatoms. The van der Waals surface area contributed by atoms with Crippen molar-refractivity contribution in [1.29, 1.82) is 0 Å². The van der Waals surface area contributed by atoms with E-state index in [1.165, 1.54) is 51.2 Å². The largest absolute Gasteiger partial charge is 0.276 e. The van der Waals surface area contributed by atoms with E-state index in [2.05, 4.69) is 132 Å². The van der Waals surface area contributed by atoms with Crippen LogP contribution in [0.5, 0.6) is 0 Å². The topological polar surface area (TPSA) is 30.7 Å². The molecule has 0 amide bonds. The molecule has 0 bridgehead atoms. The van der Waals surface area contributed by atoms with Crippen molar-refractivity contribution in [2.24, 2.45) is 0 Å². The molecule has 0 aliphatic heterocycles. The van der Waals surface area contributed by atoms with Crippen LogP contribution in [0, 0.1) is 0 Å². The number of hydrogen-bond acceptors (Lipinski definition) is 4. The molecule has 0 saturated carbocycles. The van der Waals surface area contributed by atoms with E-state index in [0.29, 0.717) is 5.95 Å². The summed E-state index contributed by atoms with van der Waals surface area (Å²) in [5.41, 5.74) is 5.34. The maximum atomic E-state index is 5.38. The molecule has 0 unspecified atom stereocenters. The van der Waals surface area contributed by atoms with Crippen molar-refractivity contribution in [2.75, 3.05) is 0 Å². The maximum Gasteiger partial charge on any atom is 0.235 e. The third kappa shape index (κ3) is 3.23. The lowest BCUT2D eigenvalue weighted by molar-refractivity contribution is 1.02. The van der Waals surface area contributed by atoms with Gasteiger partial charge in [-0.25, -0.2) is 9.97 Å². The van der Waals surface area contributed by atoms with E-state index in [4.69, 9.17) is 9.97 Å². The minimum Gasteiger partial charge on any atom is -0.276 e. The standard InChI is InChI=1S/C38H21N3S2/c1-2-12-24(13-3-1)32-28-20-18-23-11-5-7-15-26(23)33(28)40-38(39-32)41-29-17-9-8-16-27(29)35-34(41)37-36(43-35)31-25-14-6-4-10-22(25)19-21-30(31)42-37/h1-21H. The molecule has 0 radical (unpaired) electrons. The van der Waals surface area contributed by atoms with Gasteiger partial charge in [0.1, 0.15) is 0 Å². The van der Waals surface area contributed by atoms with Crippen molar-refractivity contribution in [2.45, 2.75) is 0 Å². The Bertz CT molecular complexity index is 2730. The molecule has 6 aromatic carbocycles. The van der Waals surface area contributed by atoms with Gasteiger partial charge in [-0.15, -0.1) is 22.7 Å². The van der Waals surface area contributed by atoms with E-state index >= 15 is 0 Å². The van der Waals surface area contributed by atoms with E-state index in [0.717, 1.165) is 33.1 Å². The van der Waals surface area contributed by atoms with Gasteiger partial charge in [-0.3, -0.25) is 4.57 Å². The Labute approximate surface area is 253 Å². The van der Waals surface area contributed by atoms with Crippen molar-refractivity contribution < 1.29 is 0 Å². The van der Waals surface area contributed by atoms with Gasteiger partial charge in [-0.1, -0.05) is 109 Å². The fourth-order valence-corrected chi connectivity index (χ4v) is 9.51. The first-order chi connectivity index (χ1) is 21.3. The summed E-state index contributed by atoms with van der Waals surface area (Å²) in [6.45, 7) is 0. The Hall–Kier alpha value is -5.10. The van der Waals surface area contributed by atoms with Gasteiger partial charge in [0.15, 0.2) is 0 Å². The number of rotatable bonds is 2. The molecular weight excluding hydrogens is 563 g/mol. The van der Waals surface area contributed by atoms with E-state index in [9.17, 15) is 0 Å². The highest BCUT2D eigenvalue weighted by Crippen LogP contribution is 2.50. The fraction of sp³-hybridized carbons (Fsp3) is 0. The van der Waals surface area contributed by atoms with E-state index in [1.807, 2.05) is 22.7 Å². The Morgan fingerprint density at radius 2 is 1.19 bits per heavy atom. The van der Waals surface area contributed by atoms with E-state index in [1.54, 1.807) is 0 Å². The highest BCUT2D eigenvalue weighted by molar-refractivity contribution is 7.37. The minimum atomic E-state index is 0.705. The second-order valence-electron chi connectivity index (χ2n) is 11.0. The minimum absolute atomic E-state index is 0.705. The van der Waals surface area contributed by atoms with Gasteiger partial charge in [-0.05, 0) is 34.4 Å². The molecule has 0 atom stereocenters. The van der Waals surface area contributed by atoms with E-state index < -0.39 is 0 Å². The van der Waals surface area contributed by atoms with Gasteiger partial charge in [0, 0.05) is 31.8 Å². The van der Waals surface area contributed by atoms with Crippen molar-refractivity contribution in [3.63, 3.8) is 0 Å². The first-order valence-corrected chi connectivity index (χ1v) is 16.0. The summed E-state index contributed by atoms with van der Waals surface area (Å²) in [4.78, 5) is 10.8. The van der Waals surface area contributed by atoms with Crippen LogP contribution in [-0.2, 0) is 0 Å². The van der Waals surface area contributed by atoms with Crippen LogP contribution in [0.4, 0.5) is 0 Å². The zero-order chi connectivity index (χ0) is 28.1. The Morgan fingerprint density at radius 3 is 2.05 bits per heavy atom. The van der Waals surface area contributed by atoms with Crippen LogP contribution in [0.25, 0.3) is 90.3 Å². The molecule has 3 nitrogen and oxygen atoms in total. The number of thiophene rings is 2. The van der Waals surface area contributed by atoms with Crippen LogP contribution in [-0.4, -0.2) is 14.5 Å². The first-order valence-electron chi connectivity index (χ1n) is 14.3. The van der Waals surface area contributed by atoms with Crippen molar-refractivity contribution in [3.8, 4) is 17.2 Å². The number of nitrogens with zero attached hydrogens (tertiary/aromatic N) is 3. The summed E-state index contributed by atoms with van der Waals surface area (Å²) in [5, 5.41) is 8.55. The first kappa shape index (κ1) is 23.5. The number of aromatic nitrogens is 3. The van der Waals surface area contributed by atoms with Crippen LogP contribution < -0.4 is 0 Å². The molecule has 0 spiro atoms. The lowest BCUT2D eigenvalue weighted by atomic mass is 10.0. The van der Waals surface area contributed by atoms with Crippen LogP contribution in [0.2, 0.25) is 0 Å². The fourth-order valence-electron chi connectivity index (χ4n) is 6.69. The van der Waals surface area contributed by atoms with Crippen LogP contribution >= 0.6 is 22.7 Å². The number of para-hydroxylation sites is 1. The number of hydrogen-bond donors (Lipinski definition) is 0. The number of fused-ring (bicyclic) bond motifs is 12. The van der Waals surface area contributed by atoms with Gasteiger partial charge in [0.05, 0.1) is 36.3 Å². The Balaban J connectivity index is 1.39. The lowest BCUT2D eigenvalue weighted by Crippen LogP contribution is -2.03. The normalized spacial score (nSPS) is 12.2. The molecular formula is C38H21N3S2. The molecule has 4 aromatic heterocycles. The molecule has 4 heterocycles. The number of benzene rings is 6. The molecule has 0 saturated heterocycles. The smallest absolute Gasteiger partial charge is 0.235 e. The summed E-state index contributed by atoms with van der Waals surface area (Å²) in [6.07, 6.45) is 0. The van der Waals surface area contributed by atoms with Crippen molar-refractivity contribution >= 4 is 95.7 Å². The van der Waals surface area contributed by atoms with E-state index in [-0.39, 0.29) is 0 Å². The summed E-state index contributed by atoms with van der Waals surface area (Å²) >= 11 is 3.78. The Morgan fingerprint density at radius 1 is 0.488 bits per heavy atom. The Kier molecular flexibility index (Phi) is 4.75. The molecule has 0 fully saturated rings. The molecule has 10 aromatic rings. The predicted molar refractivity (Wildman–Crippen MR) is 185 cm³/mol. The summed E-state index contributed by atoms with van der Waals surface area (Å²) in [7, 11) is 0. The molecule has 0 aliphatic rings.